The Morgan fingerprint density at radius 3 is 2.39 bits per heavy atom. The monoisotopic (exact) mass is 315 g/mol. The van der Waals surface area contributed by atoms with E-state index in [2.05, 4.69) is 12.0 Å². The molecule has 0 N–H and O–H groups in total. The van der Waals surface area contributed by atoms with Crippen molar-refractivity contribution in [3.05, 3.63) is 47.0 Å². The summed E-state index contributed by atoms with van der Waals surface area (Å²) < 4.78 is 14.8. The zero-order valence-electron chi connectivity index (χ0n) is 13.8. The van der Waals surface area contributed by atoms with Crippen molar-refractivity contribution in [3.8, 4) is 5.69 Å². The minimum atomic E-state index is -0.283. The van der Waals surface area contributed by atoms with Crippen molar-refractivity contribution in [1.82, 2.24) is 14.7 Å². The highest BCUT2D eigenvalue weighted by Crippen LogP contribution is 2.23. The Bertz CT molecular complexity index is 713. The summed E-state index contributed by atoms with van der Waals surface area (Å²) in [5, 5.41) is 4.49. The number of carbonyl (C=O) groups is 1. The van der Waals surface area contributed by atoms with Crippen LogP contribution in [-0.2, 0) is 0 Å². The molecule has 1 amide bonds. The summed E-state index contributed by atoms with van der Waals surface area (Å²) in [6.07, 6.45) is 2.10. The van der Waals surface area contributed by atoms with E-state index in [9.17, 15) is 9.18 Å². The van der Waals surface area contributed by atoms with E-state index in [-0.39, 0.29) is 11.7 Å². The van der Waals surface area contributed by atoms with Crippen LogP contribution in [0.1, 0.15) is 41.5 Å². The Balaban J connectivity index is 1.91. The zero-order chi connectivity index (χ0) is 16.6. The molecule has 1 saturated heterocycles. The number of piperidine rings is 1. The maximum atomic E-state index is 13.1. The minimum Gasteiger partial charge on any atom is -0.339 e. The van der Waals surface area contributed by atoms with Gasteiger partial charge in [-0.05, 0) is 56.9 Å². The molecule has 1 aliphatic rings. The van der Waals surface area contributed by atoms with Gasteiger partial charge in [0.25, 0.3) is 5.91 Å². The lowest BCUT2D eigenvalue weighted by Crippen LogP contribution is -2.38. The molecule has 2 heterocycles. The van der Waals surface area contributed by atoms with E-state index in [1.165, 1.54) is 12.1 Å². The van der Waals surface area contributed by atoms with E-state index in [0.717, 1.165) is 43.0 Å². The Labute approximate surface area is 135 Å². The first-order valence-corrected chi connectivity index (χ1v) is 8.09. The van der Waals surface area contributed by atoms with Crippen molar-refractivity contribution in [1.29, 1.82) is 0 Å². The van der Waals surface area contributed by atoms with Crippen LogP contribution in [0.2, 0.25) is 0 Å². The number of carbonyl (C=O) groups excluding carboxylic acids is 1. The number of benzene rings is 1. The van der Waals surface area contributed by atoms with Gasteiger partial charge in [0.15, 0.2) is 0 Å². The SMILES string of the molecule is Cc1nn(-c2ccc(F)cc2)c(C)c1C(=O)N1CCC(C)CC1. The molecule has 0 radical (unpaired) electrons. The van der Waals surface area contributed by atoms with E-state index >= 15 is 0 Å². The molecular formula is C18H22FN3O. The van der Waals surface area contributed by atoms with Gasteiger partial charge in [-0.15, -0.1) is 0 Å². The van der Waals surface area contributed by atoms with Gasteiger partial charge in [0.1, 0.15) is 5.82 Å². The standard InChI is InChI=1S/C18H22FN3O/c1-12-8-10-21(11-9-12)18(23)17-13(2)20-22(14(17)3)16-6-4-15(19)5-7-16/h4-7,12H,8-11H2,1-3H3. The molecule has 1 fully saturated rings. The van der Waals surface area contributed by atoms with Crippen molar-refractivity contribution in [3.63, 3.8) is 0 Å². The molecule has 3 rings (SSSR count). The highest BCUT2D eigenvalue weighted by molar-refractivity contribution is 5.96. The number of amides is 1. The van der Waals surface area contributed by atoms with Gasteiger partial charge in [-0.2, -0.15) is 5.10 Å². The molecule has 23 heavy (non-hydrogen) atoms. The predicted octanol–water partition coefficient (Wildman–Crippen LogP) is 3.50. The zero-order valence-corrected chi connectivity index (χ0v) is 13.8. The first-order chi connectivity index (χ1) is 11.0. The molecule has 4 nitrogen and oxygen atoms in total. The second-order valence-corrected chi connectivity index (χ2v) is 6.41. The maximum Gasteiger partial charge on any atom is 0.257 e. The van der Waals surface area contributed by atoms with Gasteiger partial charge in [0.2, 0.25) is 0 Å². The average Bonchev–Trinajstić information content (AvgIpc) is 2.83. The lowest BCUT2D eigenvalue weighted by Gasteiger charge is -2.30. The lowest BCUT2D eigenvalue weighted by atomic mass is 9.98. The van der Waals surface area contributed by atoms with Gasteiger partial charge in [-0.1, -0.05) is 6.92 Å². The fourth-order valence-electron chi connectivity index (χ4n) is 3.16. The molecule has 1 aromatic heterocycles. The second kappa shape index (κ2) is 6.14. The Morgan fingerprint density at radius 1 is 1.17 bits per heavy atom. The summed E-state index contributed by atoms with van der Waals surface area (Å²) >= 11 is 0. The first kappa shape index (κ1) is 15.7. The average molecular weight is 315 g/mol. The summed E-state index contributed by atoms with van der Waals surface area (Å²) in [4.78, 5) is 14.8. The van der Waals surface area contributed by atoms with E-state index in [0.29, 0.717) is 11.5 Å². The topological polar surface area (TPSA) is 38.1 Å². The van der Waals surface area contributed by atoms with Gasteiger partial charge in [-0.25, -0.2) is 9.07 Å². The highest BCUT2D eigenvalue weighted by Gasteiger charge is 2.26. The minimum absolute atomic E-state index is 0.0558. The molecule has 0 aliphatic carbocycles. The number of halogens is 1. The lowest BCUT2D eigenvalue weighted by molar-refractivity contribution is 0.0695. The molecule has 0 saturated carbocycles. The molecule has 0 atom stereocenters. The quantitative estimate of drug-likeness (QED) is 0.850. The Hall–Kier alpha value is -2.17. The molecule has 1 aliphatic heterocycles. The maximum absolute atomic E-state index is 13.1. The second-order valence-electron chi connectivity index (χ2n) is 6.41. The first-order valence-electron chi connectivity index (χ1n) is 8.09. The smallest absolute Gasteiger partial charge is 0.257 e. The van der Waals surface area contributed by atoms with Crippen LogP contribution in [0.3, 0.4) is 0 Å². The van der Waals surface area contributed by atoms with Gasteiger partial charge < -0.3 is 4.90 Å². The summed E-state index contributed by atoms with van der Waals surface area (Å²) in [5.41, 5.74) is 2.95. The van der Waals surface area contributed by atoms with Crippen molar-refractivity contribution in [2.75, 3.05) is 13.1 Å². The molecular weight excluding hydrogens is 293 g/mol. The number of aryl methyl sites for hydroxylation is 1. The highest BCUT2D eigenvalue weighted by atomic mass is 19.1. The summed E-state index contributed by atoms with van der Waals surface area (Å²) in [5.74, 6) is 0.456. The summed E-state index contributed by atoms with van der Waals surface area (Å²) in [6, 6.07) is 6.15. The van der Waals surface area contributed by atoms with Crippen LogP contribution < -0.4 is 0 Å². The van der Waals surface area contributed by atoms with Crippen LogP contribution in [0.25, 0.3) is 5.69 Å². The Morgan fingerprint density at radius 2 is 1.78 bits per heavy atom. The third kappa shape index (κ3) is 3.00. The number of hydrogen-bond donors (Lipinski definition) is 0. The van der Waals surface area contributed by atoms with Crippen LogP contribution in [0.5, 0.6) is 0 Å². The molecule has 122 valence electrons. The van der Waals surface area contributed by atoms with Gasteiger partial charge in [0.05, 0.1) is 22.6 Å². The normalized spacial score (nSPS) is 15.9. The number of nitrogens with zero attached hydrogens (tertiary/aromatic N) is 3. The molecule has 5 heteroatoms. The van der Waals surface area contributed by atoms with Crippen molar-refractivity contribution in [2.45, 2.75) is 33.6 Å². The largest absolute Gasteiger partial charge is 0.339 e. The van der Waals surface area contributed by atoms with Crippen LogP contribution in [0.4, 0.5) is 4.39 Å². The Kier molecular flexibility index (Phi) is 4.20. The third-order valence-electron chi connectivity index (χ3n) is 4.65. The van der Waals surface area contributed by atoms with Gasteiger partial charge >= 0.3 is 0 Å². The van der Waals surface area contributed by atoms with Crippen molar-refractivity contribution < 1.29 is 9.18 Å². The van der Waals surface area contributed by atoms with E-state index in [1.807, 2.05) is 18.7 Å². The van der Waals surface area contributed by atoms with Crippen LogP contribution in [-0.4, -0.2) is 33.7 Å². The fourth-order valence-corrected chi connectivity index (χ4v) is 3.16. The molecule has 0 spiro atoms. The molecule has 0 bridgehead atoms. The molecule has 0 unspecified atom stereocenters. The van der Waals surface area contributed by atoms with E-state index in [1.54, 1.807) is 16.8 Å². The summed E-state index contributed by atoms with van der Waals surface area (Å²) in [6.45, 7) is 7.59. The van der Waals surface area contributed by atoms with E-state index < -0.39 is 0 Å². The van der Waals surface area contributed by atoms with Crippen molar-refractivity contribution >= 4 is 5.91 Å². The fraction of sp³-hybridized carbons (Fsp3) is 0.444. The van der Waals surface area contributed by atoms with Gasteiger partial charge in [0, 0.05) is 13.1 Å². The third-order valence-corrected chi connectivity index (χ3v) is 4.65. The van der Waals surface area contributed by atoms with Crippen LogP contribution >= 0.6 is 0 Å². The molecule has 2 aromatic rings. The number of rotatable bonds is 2. The molecule has 1 aromatic carbocycles. The number of aromatic nitrogens is 2. The van der Waals surface area contributed by atoms with Gasteiger partial charge in [-0.3, -0.25) is 4.79 Å². The van der Waals surface area contributed by atoms with Crippen LogP contribution in [0.15, 0.2) is 24.3 Å². The summed E-state index contributed by atoms with van der Waals surface area (Å²) in [7, 11) is 0. The van der Waals surface area contributed by atoms with E-state index in [4.69, 9.17) is 0 Å². The van der Waals surface area contributed by atoms with Crippen molar-refractivity contribution in [2.24, 2.45) is 5.92 Å². The predicted molar refractivity (Wildman–Crippen MR) is 87.3 cm³/mol. The number of likely N-dealkylation sites (tertiary alicyclic amines) is 1. The number of hydrogen-bond acceptors (Lipinski definition) is 2. The van der Waals surface area contributed by atoms with Crippen LogP contribution in [0, 0.1) is 25.6 Å².